The summed E-state index contributed by atoms with van der Waals surface area (Å²) >= 11 is 1.53. The quantitative estimate of drug-likeness (QED) is 0.532. The number of hydrogen-bond donors (Lipinski definition) is 3. The third kappa shape index (κ3) is 5.24. The Morgan fingerprint density at radius 3 is 2.16 bits per heavy atom. The van der Waals surface area contributed by atoms with Crippen molar-refractivity contribution in [1.29, 1.82) is 0 Å². The second-order valence-corrected chi connectivity index (χ2v) is 9.21. The van der Waals surface area contributed by atoms with Crippen molar-refractivity contribution in [3.05, 3.63) is 59.7 Å². The van der Waals surface area contributed by atoms with Gasteiger partial charge in [-0.15, -0.1) is 0 Å². The number of amides is 2. The highest BCUT2D eigenvalue weighted by Crippen LogP contribution is 2.44. The van der Waals surface area contributed by atoms with Gasteiger partial charge in [-0.05, 0) is 54.5 Å². The number of carbonyl (C=O) groups excluding carboxylic acids is 2. The van der Waals surface area contributed by atoms with Crippen LogP contribution in [0.15, 0.2) is 48.5 Å². The predicted molar refractivity (Wildman–Crippen MR) is 125 cm³/mol. The number of rotatable bonds is 9. The largest absolute Gasteiger partial charge is 0.480 e. The second kappa shape index (κ2) is 10.1. The molecule has 3 rings (SSSR count). The van der Waals surface area contributed by atoms with Gasteiger partial charge in [-0.1, -0.05) is 48.5 Å². The van der Waals surface area contributed by atoms with Crippen LogP contribution in [0, 0.1) is 0 Å². The molecule has 2 amide bonds. The first kappa shape index (κ1) is 23.7. The zero-order valence-corrected chi connectivity index (χ0v) is 19.2. The van der Waals surface area contributed by atoms with Crippen LogP contribution >= 0.6 is 11.8 Å². The van der Waals surface area contributed by atoms with Crippen molar-refractivity contribution in [2.45, 2.75) is 37.8 Å². The number of benzene rings is 2. The van der Waals surface area contributed by atoms with E-state index in [2.05, 4.69) is 22.8 Å². The molecular weight excluding hydrogens is 428 g/mol. The fraction of sp³-hybridized carbons (Fsp3) is 0.375. The van der Waals surface area contributed by atoms with Crippen LogP contribution in [-0.2, 0) is 14.3 Å². The summed E-state index contributed by atoms with van der Waals surface area (Å²) in [5, 5.41) is 14.3. The van der Waals surface area contributed by atoms with Crippen LogP contribution in [0.4, 0.5) is 4.79 Å². The van der Waals surface area contributed by atoms with E-state index in [0.29, 0.717) is 12.2 Å². The number of carboxylic acids is 1. The number of carboxylic acid groups (broad SMARTS) is 1. The number of thioether (sulfide) groups is 1. The Balaban J connectivity index is 1.67. The lowest BCUT2D eigenvalue weighted by Crippen LogP contribution is -2.56. The number of aliphatic carboxylic acids is 1. The molecule has 0 fully saturated rings. The van der Waals surface area contributed by atoms with Gasteiger partial charge >= 0.3 is 12.1 Å². The van der Waals surface area contributed by atoms with Gasteiger partial charge in [0, 0.05) is 5.92 Å². The van der Waals surface area contributed by atoms with Crippen LogP contribution in [0.3, 0.4) is 0 Å². The van der Waals surface area contributed by atoms with E-state index >= 15 is 0 Å². The Morgan fingerprint density at radius 1 is 1.06 bits per heavy atom. The Labute approximate surface area is 191 Å². The van der Waals surface area contributed by atoms with E-state index < -0.39 is 29.6 Å². The molecule has 2 aromatic carbocycles. The van der Waals surface area contributed by atoms with E-state index in [1.54, 1.807) is 0 Å². The Hall–Kier alpha value is -3.00. The van der Waals surface area contributed by atoms with E-state index in [0.717, 1.165) is 22.3 Å². The van der Waals surface area contributed by atoms with Gasteiger partial charge in [0.2, 0.25) is 5.91 Å². The number of hydrogen-bond acceptors (Lipinski definition) is 5. The van der Waals surface area contributed by atoms with E-state index in [-0.39, 0.29) is 12.5 Å². The molecule has 0 saturated heterocycles. The summed E-state index contributed by atoms with van der Waals surface area (Å²) in [5.74, 6) is -1.18. The molecule has 3 N–H and O–H groups in total. The number of fused-ring (bicyclic) bond motifs is 3. The molecule has 0 heterocycles. The Bertz CT molecular complexity index is 962. The van der Waals surface area contributed by atoms with Crippen LogP contribution in [0.25, 0.3) is 11.1 Å². The molecule has 1 unspecified atom stereocenters. The summed E-state index contributed by atoms with van der Waals surface area (Å²) in [4.78, 5) is 36.5. The van der Waals surface area contributed by atoms with Gasteiger partial charge in [-0.2, -0.15) is 11.8 Å². The molecule has 32 heavy (non-hydrogen) atoms. The van der Waals surface area contributed by atoms with Crippen molar-refractivity contribution >= 4 is 29.7 Å². The van der Waals surface area contributed by atoms with Crippen molar-refractivity contribution in [2.24, 2.45) is 0 Å². The standard InChI is InChI=1S/C24H28N2O5S/c1-24(2,22(28)29)26-21(27)20(12-13-32-3)25-23(30)31-14-19-17-10-6-4-8-15(17)16-9-5-7-11-18(16)19/h4-11,19-20H,12-14H2,1-3H3,(H,25,30)(H,26,27)(H,28,29). The Kier molecular flexibility index (Phi) is 7.45. The number of carbonyl (C=O) groups is 3. The summed E-state index contributed by atoms with van der Waals surface area (Å²) in [6.07, 6.45) is 1.54. The topological polar surface area (TPSA) is 105 Å². The molecule has 170 valence electrons. The molecule has 0 bridgehead atoms. The fourth-order valence-corrected chi connectivity index (χ4v) is 4.21. The molecule has 7 nitrogen and oxygen atoms in total. The maximum absolute atomic E-state index is 12.6. The van der Waals surface area contributed by atoms with Crippen molar-refractivity contribution < 1.29 is 24.2 Å². The zero-order valence-electron chi connectivity index (χ0n) is 18.4. The Morgan fingerprint density at radius 2 is 1.62 bits per heavy atom. The van der Waals surface area contributed by atoms with Crippen molar-refractivity contribution in [1.82, 2.24) is 10.6 Å². The maximum Gasteiger partial charge on any atom is 0.407 e. The molecule has 2 aromatic rings. The normalized spacial score (nSPS) is 13.6. The zero-order chi connectivity index (χ0) is 23.3. The summed E-state index contributed by atoms with van der Waals surface area (Å²) < 4.78 is 5.52. The number of ether oxygens (including phenoxy) is 1. The lowest BCUT2D eigenvalue weighted by molar-refractivity contribution is -0.146. The number of nitrogens with one attached hydrogen (secondary N) is 2. The second-order valence-electron chi connectivity index (χ2n) is 8.22. The minimum absolute atomic E-state index is 0.0856. The van der Waals surface area contributed by atoms with Gasteiger partial charge in [0.05, 0.1) is 0 Å². The lowest BCUT2D eigenvalue weighted by atomic mass is 9.98. The first-order valence-electron chi connectivity index (χ1n) is 10.4. The molecule has 1 aliphatic rings. The van der Waals surface area contributed by atoms with Gasteiger partial charge in [0.15, 0.2) is 0 Å². The van der Waals surface area contributed by atoms with Crippen LogP contribution in [0.1, 0.15) is 37.3 Å². The average Bonchev–Trinajstić information content (AvgIpc) is 3.08. The lowest BCUT2D eigenvalue weighted by Gasteiger charge is -2.25. The van der Waals surface area contributed by atoms with Gasteiger partial charge in [-0.3, -0.25) is 4.79 Å². The van der Waals surface area contributed by atoms with Crippen molar-refractivity contribution in [2.75, 3.05) is 18.6 Å². The van der Waals surface area contributed by atoms with E-state index in [9.17, 15) is 19.5 Å². The minimum Gasteiger partial charge on any atom is -0.480 e. The van der Waals surface area contributed by atoms with Gasteiger partial charge < -0.3 is 20.5 Å². The molecule has 0 radical (unpaired) electrons. The van der Waals surface area contributed by atoms with Crippen LogP contribution < -0.4 is 10.6 Å². The molecule has 1 aliphatic carbocycles. The first-order chi connectivity index (χ1) is 15.2. The van der Waals surface area contributed by atoms with Crippen LogP contribution in [0.2, 0.25) is 0 Å². The smallest absolute Gasteiger partial charge is 0.407 e. The first-order valence-corrected chi connectivity index (χ1v) is 11.8. The van der Waals surface area contributed by atoms with Gasteiger partial charge in [0.25, 0.3) is 0 Å². The maximum atomic E-state index is 12.6. The summed E-state index contributed by atoms with van der Waals surface area (Å²) in [5.41, 5.74) is 3.01. The number of alkyl carbamates (subject to hydrolysis) is 1. The van der Waals surface area contributed by atoms with E-state index in [4.69, 9.17) is 4.74 Å². The predicted octanol–water partition coefficient (Wildman–Crippen LogP) is 3.63. The molecule has 0 aromatic heterocycles. The van der Waals surface area contributed by atoms with E-state index in [1.165, 1.54) is 25.6 Å². The highest BCUT2D eigenvalue weighted by atomic mass is 32.2. The highest BCUT2D eigenvalue weighted by molar-refractivity contribution is 7.98. The summed E-state index contributed by atoms with van der Waals surface area (Å²) in [7, 11) is 0. The van der Waals surface area contributed by atoms with Gasteiger partial charge in [0.1, 0.15) is 18.2 Å². The molecule has 8 heteroatoms. The molecule has 0 saturated carbocycles. The third-order valence-corrected chi connectivity index (χ3v) is 6.18. The molecule has 1 atom stereocenters. The third-order valence-electron chi connectivity index (χ3n) is 5.53. The highest BCUT2D eigenvalue weighted by Gasteiger charge is 2.33. The van der Waals surface area contributed by atoms with Crippen LogP contribution in [0.5, 0.6) is 0 Å². The summed E-state index contributed by atoms with van der Waals surface area (Å²) in [6.45, 7) is 2.93. The molecule has 0 aliphatic heterocycles. The van der Waals surface area contributed by atoms with Crippen molar-refractivity contribution in [3.63, 3.8) is 0 Å². The van der Waals surface area contributed by atoms with Crippen molar-refractivity contribution in [3.8, 4) is 11.1 Å². The summed E-state index contributed by atoms with van der Waals surface area (Å²) in [6, 6.07) is 15.2. The monoisotopic (exact) mass is 456 g/mol. The molecular formula is C24H28N2O5S. The van der Waals surface area contributed by atoms with E-state index in [1.807, 2.05) is 42.7 Å². The SMILES string of the molecule is CSCCC(NC(=O)OCC1c2ccccc2-c2ccccc21)C(=O)NC(C)(C)C(=O)O. The molecule has 0 spiro atoms. The van der Waals surface area contributed by atoms with Crippen LogP contribution in [-0.4, -0.2) is 53.3 Å². The minimum atomic E-state index is -1.45. The average molecular weight is 457 g/mol. The fourth-order valence-electron chi connectivity index (χ4n) is 3.74. The van der Waals surface area contributed by atoms with Gasteiger partial charge in [-0.25, -0.2) is 9.59 Å².